The van der Waals surface area contributed by atoms with Gasteiger partial charge in [0.25, 0.3) is 0 Å². The fraction of sp³-hybridized carbons (Fsp3) is 0.800. The summed E-state index contributed by atoms with van der Waals surface area (Å²) in [5.41, 5.74) is 5.33. The van der Waals surface area contributed by atoms with Crippen molar-refractivity contribution in [1.29, 1.82) is 0 Å². The summed E-state index contributed by atoms with van der Waals surface area (Å²) in [4.78, 5) is 46.0. The van der Waals surface area contributed by atoms with E-state index in [4.69, 9.17) is 24.8 Å². The average Bonchev–Trinajstić information content (AvgIpc) is 3.19. The Hall–Kier alpha value is -2.30. The smallest absolute Gasteiger partial charge is 0.472 e. The van der Waals surface area contributed by atoms with E-state index < -0.39 is 51.1 Å². The van der Waals surface area contributed by atoms with Crippen LogP contribution in [0.4, 0.5) is 0 Å². The lowest BCUT2D eigenvalue weighted by atomic mass is 10.0. The summed E-state index contributed by atoms with van der Waals surface area (Å²) in [5, 5.41) is 8.89. The van der Waals surface area contributed by atoms with E-state index >= 15 is 0 Å². The lowest BCUT2D eigenvalue weighted by Crippen LogP contribution is -2.34. The van der Waals surface area contributed by atoms with Gasteiger partial charge in [0, 0.05) is 12.8 Å². The Labute approximate surface area is 346 Å². The number of phosphoric ester groups is 1. The van der Waals surface area contributed by atoms with E-state index in [0.717, 1.165) is 70.6 Å². The van der Waals surface area contributed by atoms with E-state index in [1.54, 1.807) is 0 Å². The third-order valence-corrected chi connectivity index (χ3v) is 10.6. The minimum atomic E-state index is -4.72. The molecule has 0 radical (unpaired) electrons. The molecule has 3 unspecified atom stereocenters. The lowest BCUT2D eigenvalue weighted by Gasteiger charge is -2.20. The second-order valence-electron chi connectivity index (χ2n) is 15.2. The van der Waals surface area contributed by atoms with Gasteiger partial charge in [-0.2, -0.15) is 0 Å². The maximum absolute atomic E-state index is 12.6. The van der Waals surface area contributed by atoms with Gasteiger partial charge >= 0.3 is 25.7 Å². The van der Waals surface area contributed by atoms with E-state index in [1.807, 2.05) is 0 Å². The van der Waals surface area contributed by atoms with E-state index in [1.165, 1.54) is 89.9 Å². The molecular weight excluding hydrogens is 745 g/mol. The highest BCUT2D eigenvalue weighted by atomic mass is 31.2. The number of phosphoric acid groups is 1. The molecule has 57 heavy (non-hydrogen) atoms. The number of esters is 2. The van der Waals surface area contributed by atoms with Crippen LogP contribution in [0.2, 0.25) is 0 Å². The second kappa shape index (κ2) is 40.5. The molecule has 0 aliphatic carbocycles. The third-order valence-electron chi connectivity index (χ3n) is 9.65. The Balaban J connectivity index is 4.32. The van der Waals surface area contributed by atoms with Crippen LogP contribution < -0.4 is 5.73 Å². The van der Waals surface area contributed by atoms with Gasteiger partial charge in [0.2, 0.25) is 0 Å². The highest BCUT2D eigenvalue weighted by Gasteiger charge is 2.28. The predicted molar refractivity (Wildman–Crippen MR) is 231 cm³/mol. The number of hydrogen-bond donors (Lipinski definition) is 3. The highest BCUT2D eigenvalue weighted by molar-refractivity contribution is 7.47. The Morgan fingerprint density at radius 1 is 0.561 bits per heavy atom. The minimum Gasteiger partial charge on any atom is -0.480 e. The summed E-state index contributed by atoms with van der Waals surface area (Å²) in [5.74, 6) is -2.39. The molecule has 0 bridgehead atoms. The lowest BCUT2D eigenvalue weighted by molar-refractivity contribution is -0.161. The topological polar surface area (TPSA) is 172 Å². The van der Waals surface area contributed by atoms with Crippen LogP contribution in [0.5, 0.6) is 0 Å². The number of hydrogen-bond acceptors (Lipinski definition) is 9. The standard InChI is InChI=1S/C45H82NO10P/c1-3-5-7-9-11-13-15-17-19-20-21-23-24-26-28-30-32-34-36-43(47)53-38-41(39-54-57(51,52)55-40-42(46)45(49)50)56-44(48)37-35-33-31-29-27-25-22-18-16-14-12-10-8-6-4-2/h6,8,12,14,18,22,41-42H,3-5,7,9-11,13,15-17,19-21,23-40,46H2,1-2H3,(H,49,50)(H,51,52)/b8-6-,14-12-,22-18-. The summed E-state index contributed by atoms with van der Waals surface area (Å²) < 4.78 is 32.7. The van der Waals surface area contributed by atoms with Crippen LogP contribution in [-0.4, -0.2) is 59.9 Å². The van der Waals surface area contributed by atoms with Crippen molar-refractivity contribution in [2.75, 3.05) is 19.8 Å². The summed E-state index contributed by atoms with van der Waals surface area (Å²) in [6, 6.07) is -1.52. The van der Waals surface area contributed by atoms with Gasteiger partial charge in [-0.1, -0.05) is 179 Å². The summed E-state index contributed by atoms with van der Waals surface area (Å²) in [6.07, 6.45) is 43.5. The third kappa shape index (κ3) is 40.3. The second-order valence-corrected chi connectivity index (χ2v) is 16.6. The molecular formula is C45H82NO10P. The first-order valence-electron chi connectivity index (χ1n) is 22.5. The molecule has 0 fully saturated rings. The van der Waals surface area contributed by atoms with E-state index in [2.05, 4.69) is 54.8 Å². The zero-order chi connectivity index (χ0) is 42.1. The fourth-order valence-corrected chi connectivity index (χ4v) is 6.92. The fourth-order valence-electron chi connectivity index (χ4n) is 6.14. The van der Waals surface area contributed by atoms with Crippen molar-refractivity contribution < 1.29 is 47.5 Å². The van der Waals surface area contributed by atoms with Gasteiger partial charge in [0.15, 0.2) is 6.10 Å². The van der Waals surface area contributed by atoms with Crippen LogP contribution >= 0.6 is 7.82 Å². The number of unbranched alkanes of at least 4 members (excludes halogenated alkanes) is 22. The first-order chi connectivity index (χ1) is 27.6. The Bertz CT molecular complexity index is 1110. The van der Waals surface area contributed by atoms with Crippen LogP contribution in [0.25, 0.3) is 0 Å². The zero-order valence-corrected chi connectivity index (χ0v) is 36.8. The van der Waals surface area contributed by atoms with Gasteiger partial charge in [-0.05, 0) is 44.9 Å². The van der Waals surface area contributed by atoms with Crippen molar-refractivity contribution in [3.05, 3.63) is 36.5 Å². The molecule has 0 aliphatic rings. The van der Waals surface area contributed by atoms with E-state index in [0.29, 0.717) is 12.8 Å². The van der Waals surface area contributed by atoms with Crippen molar-refractivity contribution >= 4 is 25.7 Å². The first kappa shape index (κ1) is 54.7. The minimum absolute atomic E-state index is 0.143. The molecule has 3 atom stereocenters. The van der Waals surface area contributed by atoms with Crippen molar-refractivity contribution in [1.82, 2.24) is 0 Å². The monoisotopic (exact) mass is 828 g/mol. The molecule has 0 aliphatic heterocycles. The number of ether oxygens (including phenoxy) is 2. The number of rotatable bonds is 42. The summed E-state index contributed by atoms with van der Waals surface area (Å²) in [7, 11) is -4.72. The van der Waals surface area contributed by atoms with Gasteiger partial charge in [-0.25, -0.2) is 4.57 Å². The van der Waals surface area contributed by atoms with Crippen molar-refractivity contribution in [2.45, 2.75) is 212 Å². The molecule has 0 saturated carbocycles. The van der Waals surface area contributed by atoms with Crippen molar-refractivity contribution in [3.8, 4) is 0 Å². The normalized spacial score (nSPS) is 14.0. The molecule has 12 heteroatoms. The average molecular weight is 828 g/mol. The largest absolute Gasteiger partial charge is 0.480 e. The summed E-state index contributed by atoms with van der Waals surface area (Å²) in [6.45, 7) is 2.69. The Morgan fingerprint density at radius 2 is 0.982 bits per heavy atom. The molecule has 0 saturated heterocycles. The van der Waals surface area contributed by atoms with Gasteiger partial charge in [-0.3, -0.25) is 23.4 Å². The predicted octanol–water partition coefficient (Wildman–Crippen LogP) is 12.0. The molecule has 0 amide bonds. The SMILES string of the molecule is CC/C=C\C/C=C\C/C=C\CCCCCCCC(=O)OC(COC(=O)CCCCCCCCCCCCCCCCCCCC)COP(=O)(O)OCC(N)C(=O)O. The zero-order valence-electron chi connectivity index (χ0n) is 35.9. The number of aliphatic carboxylic acids is 1. The molecule has 0 heterocycles. The molecule has 0 spiro atoms. The Morgan fingerprint density at radius 3 is 1.47 bits per heavy atom. The number of allylic oxidation sites excluding steroid dienone is 6. The molecule has 332 valence electrons. The van der Waals surface area contributed by atoms with E-state index in [-0.39, 0.29) is 19.4 Å². The Kier molecular flexibility index (Phi) is 38.8. The highest BCUT2D eigenvalue weighted by Crippen LogP contribution is 2.43. The van der Waals surface area contributed by atoms with Crippen LogP contribution in [0.15, 0.2) is 36.5 Å². The van der Waals surface area contributed by atoms with Crippen LogP contribution in [0, 0.1) is 0 Å². The van der Waals surface area contributed by atoms with Crippen molar-refractivity contribution in [3.63, 3.8) is 0 Å². The van der Waals surface area contributed by atoms with Gasteiger partial charge < -0.3 is 25.2 Å². The molecule has 11 nitrogen and oxygen atoms in total. The number of carbonyl (C=O) groups is 3. The first-order valence-corrected chi connectivity index (χ1v) is 24.0. The number of carboxylic acid groups (broad SMARTS) is 1. The molecule has 0 aromatic heterocycles. The van der Waals surface area contributed by atoms with Gasteiger partial charge in [0.05, 0.1) is 13.2 Å². The number of carboxylic acids is 1. The van der Waals surface area contributed by atoms with Crippen LogP contribution in [0.1, 0.15) is 200 Å². The van der Waals surface area contributed by atoms with Crippen molar-refractivity contribution in [2.24, 2.45) is 5.73 Å². The maximum atomic E-state index is 12.6. The maximum Gasteiger partial charge on any atom is 0.472 e. The van der Waals surface area contributed by atoms with Crippen LogP contribution in [-0.2, 0) is 37.5 Å². The van der Waals surface area contributed by atoms with Crippen LogP contribution in [0.3, 0.4) is 0 Å². The number of carbonyl (C=O) groups excluding carboxylic acids is 2. The molecule has 4 N–H and O–H groups in total. The van der Waals surface area contributed by atoms with Gasteiger partial charge in [-0.15, -0.1) is 0 Å². The molecule has 0 aromatic carbocycles. The van der Waals surface area contributed by atoms with Gasteiger partial charge in [0.1, 0.15) is 12.6 Å². The molecule has 0 aromatic rings. The number of nitrogens with two attached hydrogens (primary N) is 1. The molecule has 0 rings (SSSR count). The quantitative estimate of drug-likeness (QED) is 0.0231. The van der Waals surface area contributed by atoms with E-state index in [9.17, 15) is 23.8 Å². The summed E-state index contributed by atoms with van der Waals surface area (Å²) >= 11 is 0.